The SMILES string of the molecule is Cc1nc(CN(C)c2cccc3cccnc23)c(CO)c(N2CCN(C)CC2)n1. The number of rotatable bonds is 5. The highest BCUT2D eigenvalue weighted by Crippen LogP contribution is 2.28. The van der Waals surface area contributed by atoms with Gasteiger partial charge in [-0.2, -0.15) is 0 Å². The number of nitrogens with zero attached hydrogens (tertiary/aromatic N) is 6. The van der Waals surface area contributed by atoms with Crippen molar-refractivity contribution in [2.45, 2.75) is 20.1 Å². The maximum Gasteiger partial charge on any atom is 0.138 e. The van der Waals surface area contributed by atoms with Crippen LogP contribution < -0.4 is 9.80 Å². The van der Waals surface area contributed by atoms with Crippen molar-refractivity contribution in [3.05, 3.63) is 53.6 Å². The standard InChI is InChI=1S/C22H28N6O/c1-16-24-19(18(15-29)22(25-16)28-12-10-26(2)11-13-28)14-27(3)20-8-4-6-17-7-5-9-23-21(17)20/h4-9,29H,10-15H2,1-3H3. The summed E-state index contributed by atoms with van der Waals surface area (Å²) in [6.45, 7) is 6.22. The van der Waals surface area contributed by atoms with Crippen LogP contribution >= 0.6 is 0 Å². The van der Waals surface area contributed by atoms with Gasteiger partial charge in [0.25, 0.3) is 0 Å². The molecule has 3 aromatic rings. The second-order valence-electron chi connectivity index (χ2n) is 7.68. The summed E-state index contributed by atoms with van der Waals surface area (Å²) < 4.78 is 0. The lowest BCUT2D eigenvalue weighted by Gasteiger charge is -2.34. The van der Waals surface area contributed by atoms with Crippen LogP contribution in [-0.4, -0.2) is 65.2 Å². The van der Waals surface area contributed by atoms with E-state index in [0.717, 1.165) is 65.7 Å². The van der Waals surface area contributed by atoms with Crippen LogP contribution in [0.5, 0.6) is 0 Å². The fourth-order valence-corrected chi connectivity index (χ4v) is 3.92. The number of pyridine rings is 1. The molecule has 1 aliphatic heterocycles. The van der Waals surface area contributed by atoms with Crippen molar-refractivity contribution in [2.24, 2.45) is 0 Å². The first-order valence-corrected chi connectivity index (χ1v) is 10.0. The number of hydrogen-bond acceptors (Lipinski definition) is 7. The normalized spacial score (nSPS) is 15.1. The Morgan fingerprint density at radius 2 is 1.83 bits per heavy atom. The smallest absolute Gasteiger partial charge is 0.138 e. The summed E-state index contributed by atoms with van der Waals surface area (Å²) in [6, 6.07) is 10.2. The van der Waals surface area contributed by atoms with Crippen molar-refractivity contribution in [2.75, 3.05) is 50.1 Å². The quantitative estimate of drug-likeness (QED) is 0.714. The molecular formula is C22H28N6O. The summed E-state index contributed by atoms with van der Waals surface area (Å²) in [5, 5.41) is 11.3. The molecule has 0 spiro atoms. The van der Waals surface area contributed by atoms with Gasteiger partial charge in [0.15, 0.2) is 0 Å². The minimum Gasteiger partial charge on any atom is -0.391 e. The Morgan fingerprint density at radius 1 is 1.07 bits per heavy atom. The van der Waals surface area contributed by atoms with E-state index in [9.17, 15) is 5.11 Å². The average molecular weight is 393 g/mol. The van der Waals surface area contributed by atoms with Gasteiger partial charge in [-0.05, 0) is 26.1 Å². The molecule has 0 aliphatic carbocycles. The molecule has 1 fully saturated rings. The molecule has 7 heteroatoms. The van der Waals surface area contributed by atoms with E-state index in [1.807, 2.05) is 32.3 Å². The molecule has 4 rings (SSSR count). The summed E-state index contributed by atoms with van der Waals surface area (Å²) in [7, 11) is 4.17. The van der Waals surface area contributed by atoms with Crippen molar-refractivity contribution >= 4 is 22.4 Å². The number of piperazine rings is 1. The lowest BCUT2D eigenvalue weighted by atomic mass is 10.1. The molecule has 0 unspecified atom stereocenters. The zero-order chi connectivity index (χ0) is 20.4. The Hall–Kier alpha value is -2.77. The van der Waals surface area contributed by atoms with Gasteiger partial charge in [0.2, 0.25) is 0 Å². The fourth-order valence-electron chi connectivity index (χ4n) is 3.92. The van der Waals surface area contributed by atoms with Crippen LogP contribution in [-0.2, 0) is 13.2 Å². The highest BCUT2D eigenvalue weighted by atomic mass is 16.3. The number of fused-ring (bicyclic) bond motifs is 1. The number of benzene rings is 1. The second-order valence-corrected chi connectivity index (χ2v) is 7.68. The van der Waals surface area contributed by atoms with Crippen LogP contribution in [0.15, 0.2) is 36.5 Å². The van der Waals surface area contributed by atoms with Crippen LogP contribution in [0, 0.1) is 6.92 Å². The molecule has 0 atom stereocenters. The predicted molar refractivity (Wildman–Crippen MR) is 116 cm³/mol. The maximum absolute atomic E-state index is 10.2. The Bertz CT molecular complexity index is 995. The Morgan fingerprint density at radius 3 is 2.59 bits per heavy atom. The maximum atomic E-state index is 10.2. The number of para-hydroxylation sites is 1. The van der Waals surface area contributed by atoms with Crippen LogP contribution in [0.1, 0.15) is 17.1 Å². The molecular weight excluding hydrogens is 364 g/mol. The first kappa shape index (κ1) is 19.5. The van der Waals surface area contributed by atoms with Gasteiger partial charge in [-0.3, -0.25) is 4.98 Å². The molecule has 29 heavy (non-hydrogen) atoms. The Balaban J connectivity index is 1.67. The molecule has 0 bridgehead atoms. The lowest BCUT2D eigenvalue weighted by Crippen LogP contribution is -2.45. The molecule has 0 amide bonds. The minimum absolute atomic E-state index is 0.0705. The number of aliphatic hydroxyl groups excluding tert-OH is 1. The molecule has 1 saturated heterocycles. The number of hydrogen-bond donors (Lipinski definition) is 1. The largest absolute Gasteiger partial charge is 0.391 e. The third-order valence-corrected chi connectivity index (χ3v) is 5.55. The van der Waals surface area contributed by atoms with E-state index in [4.69, 9.17) is 0 Å². The number of likely N-dealkylation sites (N-methyl/N-ethyl adjacent to an activating group) is 1. The van der Waals surface area contributed by atoms with Crippen molar-refractivity contribution in [3.8, 4) is 0 Å². The molecule has 152 valence electrons. The van der Waals surface area contributed by atoms with E-state index in [-0.39, 0.29) is 6.61 Å². The van der Waals surface area contributed by atoms with Crippen LogP contribution in [0.3, 0.4) is 0 Å². The lowest BCUT2D eigenvalue weighted by molar-refractivity contribution is 0.277. The van der Waals surface area contributed by atoms with E-state index in [1.165, 1.54) is 0 Å². The second kappa shape index (κ2) is 8.31. The zero-order valence-corrected chi connectivity index (χ0v) is 17.3. The van der Waals surface area contributed by atoms with E-state index >= 15 is 0 Å². The van der Waals surface area contributed by atoms with Crippen LogP contribution in [0.4, 0.5) is 11.5 Å². The fraction of sp³-hybridized carbons (Fsp3) is 0.409. The van der Waals surface area contributed by atoms with Gasteiger partial charge < -0.3 is 19.8 Å². The van der Waals surface area contributed by atoms with Crippen LogP contribution in [0.2, 0.25) is 0 Å². The molecule has 1 aliphatic rings. The summed E-state index contributed by atoms with van der Waals surface area (Å²) in [5.74, 6) is 1.60. The predicted octanol–water partition coefficient (Wildman–Crippen LogP) is 2.21. The van der Waals surface area contributed by atoms with Gasteiger partial charge in [0.05, 0.1) is 30.0 Å². The minimum atomic E-state index is -0.0705. The molecule has 1 N–H and O–H groups in total. The van der Waals surface area contributed by atoms with Gasteiger partial charge in [-0.1, -0.05) is 18.2 Å². The first-order chi connectivity index (χ1) is 14.1. The molecule has 1 aromatic carbocycles. The van der Waals surface area contributed by atoms with E-state index in [1.54, 1.807) is 0 Å². The third-order valence-electron chi connectivity index (χ3n) is 5.55. The van der Waals surface area contributed by atoms with E-state index < -0.39 is 0 Å². The summed E-state index contributed by atoms with van der Waals surface area (Å²) in [6.07, 6.45) is 1.82. The zero-order valence-electron chi connectivity index (χ0n) is 17.3. The van der Waals surface area contributed by atoms with Gasteiger partial charge >= 0.3 is 0 Å². The summed E-state index contributed by atoms with van der Waals surface area (Å²) >= 11 is 0. The summed E-state index contributed by atoms with van der Waals surface area (Å²) in [5.41, 5.74) is 3.70. The number of aliphatic hydroxyl groups is 1. The van der Waals surface area contributed by atoms with Crippen molar-refractivity contribution in [3.63, 3.8) is 0 Å². The topological polar surface area (TPSA) is 68.6 Å². The monoisotopic (exact) mass is 392 g/mol. The molecule has 2 aromatic heterocycles. The number of aryl methyl sites for hydroxylation is 1. The van der Waals surface area contributed by atoms with Crippen molar-refractivity contribution in [1.29, 1.82) is 0 Å². The van der Waals surface area contributed by atoms with Gasteiger partial charge in [0.1, 0.15) is 11.6 Å². The molecule has 3 heterocycles. The highest BCUT2D eigenvalue weighted by Gasteiger charge is 2.22. The number of aromatic nitrogens is 3. The van der Waals surface area contributed by atoms with Crippen LogP contribution in [0.25, 0.3) is 10.9 Å². The van der Waals surface area contributed by atoms with Gasteiger partial charge in [0, 0.05) is 50.4 Å². The van der Waals surface area contributed by atoms with Gasteiger partial charge in [-0.15, -0.1) is 0 Å². The van der Waals surface area contributed by atoms with Crippen molar-refractivity contribution in [1.82, 2.24) is 19.9 Å². The molecule has 0 saturated carbocycles. The number of anilines is 2. The molecule has 7 nitrogen and oxygen atoms in total. The highest BCUT2D eigenvalue weighted by molar-refractivity contribution is 5.90. The van der Waals surface area contributed by atoms with E-state index in [2.05, 4.69) is 54.9 Å². The first-order valence-electron chi connectivity index (χ1n) is 10.0. The van der Waals surface area contributed by atoms with Gasteiger partial charge in [-0.25, -0.2) is 9.97 Å². The third kappa shape index (κ3) is 4.02. The van der Waals surface area contributed by atoms with Crippen molar-refractivity contribution < 1.29 is 5.11 Å². The summed E-state index contributed by atoms with van der Waals surface area (Å²) in [4.78, 5) is 20.7. The average Bonchev–Trinajstić information content (AvgIpc) is 2.73. The Kier molecular flexibility index (Phi) is 5.60. The Labute approximate surface area is 171 Å². The van der Waals surface area contributed by atoms with E-state index in [0.29, 0.717) is 6.54 Å². The molecule has 0 radical (unpaired) electrons.